The number of thiophene rings is 1. The molecule has 7 nitrogen and oxygen atoms in total. The number of nitrogens with zero attached hydrogens (tertiary/aromatic N) is 4. The number of carbonyl (C=O) groups is 2. The molecule has 1 aliphatic heterocycles. The Bertz CT molecular complexity index is 1440. The Balaban J connectivity index is 1.64. The molecule has 0 saturated carbocycles. The highest BCUT2D eigenvalue weighted by molar-refractivity contribution is 8.00. The molecule has 196 valence electrons. The number of hydrogen-bond acceptors (Lipinski definition) is 6. The molecular weight excluding hydrogens is 514 g/mol. The molecule has 0 aliphatic carbocycles. The van der Waals surface area contributed by atoms with Crippen LogP contribution in [0.4, 0.5) is 5.82 Å². The van der Waals surface area contributed by atoms with Gasteiger partial charge in [0.1, 0.15) is 12.4 Å². The van der Waals surface area contributed by atoms with E-state index in [9.17, 15) is 9.59 Å². The molecule has 9 heteroatoms. The summed E-state index contributed by atoms with van der Waals surface area (Å²) in [6.45, 7) is 8.72. The van der Waals surface area contributed by atoms with Gasteiger partial charge in [0.05, 0.1) is 22.4 Å². The predicted octanol–water partition coefficient (Wildman–Crippen LogP) is 5.42. The van der Waals surface area contributed by atoms with Crippen molar-refractivity contribution in [1.29, 1.82) is 0 Å². The lowest BCUT2D eigenvalue weighted by molar-refractivity contribution is -0.123. The van der Waals surface area contributed by atoms with Crippen molar-refractivity contribution in [1.82, 2.24) is 20.1 Å². The molecular formula is C29H31N5O2S2. The molecule has 5 rings (SSSR count). The summed E-state index contributed by atoms with van der Waals surface area (Å²) in [4.78, 5) is 32.7. The first kappa shape index (κ1) is 26.2. The van der Waals surface area contributed by atoms with E-state index in [0.717, 1.165) is 33.6 Å². The summed E-state index contributed by atoms with van der Waals surface area (Å²) < 4.78 is 1.88. The minimum Gasteiger partial charge on any atom is -0.350 e. The van der Waals surface area contributed by atoms with Gasteiger partial charge in [-0.15, -0.1) is 11.8 Å². The molecule has 3 aromatic heterocycles. The summed E-state index contributed by atoms with van der Waals surface area (Å²) in [5.74, 6) is 0.595. The van der Waals surface area contributed by atoms with Crippen molar-refractivity contribution in [2.45, 2.75) is 44.9 Å². The highest BCUT2D eigenvalue weighted by atomic mass is 32.2. The Kier molecular flexibility index (Phi) is 7.40. The van der Waals surface area contributed by atoms with Crippen LogP contribution in [0.1, 0.15) is 54.0 Å². The average Bonchev–Trinajstić information content (AvgIpc) is 3.54. The van der Waals surface area contributed by atoms with E-state index in [-0.39, 0.29) is 34.8 Å². The summed E-state index contributed by atoms with van der Waals surface area (Å²) in [5.41, 5.74) is 5.61. The zero-order chi connectivity index (χ0) is 26.9. The van der Waals surface area contributed by atoms with Crippen LogP contribution >= 0.6 is 23.1 Å². The highest BCUT2D eigenvalue weighted by Crippen LogP contribution is 2.48. The molecule has 0 spiro atoms. The van der Waals surface area contributed by atoms with Crippen LogP contribution in [-0.2, 0) is 21.5 Å². The van der Waals surface area contributed by atoms with Crippen molar-refractivity contribution >= 4 is 40.7 Å². The second-order valence-electron chi connectivity index (χ2n) is 10.4. The van der Waals surface area contributed by atoms with Gasteiger partial charge in [-0.3, -0.25) is 19.5 Å². The van der Waals surface area contributed by atoms with Crippen LogP contribution in [-0.4, -0.2) is 38.9 Å². The number of fused-ring (bicyclic) bond motifs is 1. The first-order valence-electron chi connectivity index (χ1n) is 12.5. The Hall–Kier alpha value is -3.43. The molecule has 0 saturated heterocycles. The van der Waals surface area contributed by atoms with Gasteiger partial charge in [-0.2, -0.15) is 16.4 Å². The van der Waals surface area contributed by atoms with Gasteiger partial charge in [-0.25, -0.2) is 4.68 Å². The van der Waals surface area contributed by atoms with Crippen LogP contribution in [0, 0.1) is 6.92 Å². The fourth-order valence-electron chi connectivity index (χ4n) is 4.63. The number of nitrogens with one attached hydrogen (secondary N) is 1. The summed E-state index contributed by atoms with van der Waals surface area (Å²) >= 11 is 3.24. The zero-order valence-corrected chi connectivity index (χ0v) is 23.6. The molecule has 0 bridgehead atoms. The summed E-state index contributed by atoms with van der Waals surface area (Å²) in [6, 6.07) is 13.9. The number of rotatable bonds is 6. The maximum absolute atomic E-state index is 13.7. The molecule has 2 amide bonds. The number of thioether (sulfide) groups is 1. The van der Waals surface area contributed by atoms with Crippen LogP contribution in [0.5, 0.6) is 0 Å². The third-order valence-electron chi connectivity index (χ3n) is 6.50. The van der Waals surface area contributed by atoms with Gasteiger partial charge in [-0.05, 0) is 52.6 Å². The number of benzene rings is 1. The largest absolute Gasteiger partial charge is 0.350 e. The van der Waals surface area contributed by atoms with Gasteiger partial charge in [0.2, 0.25) is 11.8 Å². The molecule has 0 radical (unpaired) electrons. The lowest BCUT2D eigenvalue weighted by Gasteiger charge is -2.24. The van der Waals surface area contributed by atoms with Crippen molar-refractivity contribution < 1.29 is 9.59 Å². The number of pyridine rings is 1. The second-order valence-corrected chi connectivity index (χ2v) is 12.3. The molecule has 4 aromatic rings. The van der Waals surface area contributed by atoms with E-state index < -0.39 is 0 Å². The van der Waals surface area contributed by atoms with E-state index >= 15 is 0 Å². The lowest BCUT2D eigenvalue weighted by Crippen LogP contribution is -2.42. The minimum atomic E-state index is -0.283. The molecule has 0 fully saturated rings. The summed E-state index contributed by atoms with van der Waals surface area (Å²) in [5, 5.41) is 12.2. The van der Waals surface area contributed by atoms with E-state index in [1.54, 1.807) is 40.4 Å². The maximum atomic E-state index is 13.7. The Labute approximate surface area is 231 Å². The molecule has 1 atom stereocenters. The number of anilines is 1. The van der Waals surface area contributed by atoms with Crippen molar-refractivity contribution in [3.8, 4) is 5.69 Å². The first-order valence-corrected chi connectivity index (χ1v) is 14.5. The lowest BCUT2D eigenvalue weighted by atomic mass is 9.87. The number of para-hydroxylation sites is 1. The topological polar surface area (TPSA) is 80.1 Å². The maximum Gasteiger partial charge on any atom is 0.240 e. The fraction of sp³-hybridized carbons (Fsp3) is 0.310. The van der Waals surface area contributed by atoms with Gasteiger partial charge in [0.25, 0.3) is 0 Å². The monoisotopic (exact) mass is 545 g/mol. The van der Waals surface area contributed by atoms with Gasteiger partial charge in [0.15, 0.2) is 0 Å². The molecule has 38 heavy (non-hydrogen) atoms. The van der Waals surface area contributed by atoms with Gasteiger partial charge in [0, 0.05) is 29.9 Å². The van der Waals surface area contributed by atoms with E-state index in [4.69, 9.17) is 5.10 Å². The Morgan fingerprint density at radius 1 is 1.16 bits per heavy atom. The van der Waals surface area contributed by atoms with Crippen molar-refractivity contribution in [3.05, 3.63) is 93.6 Å². The number of aryl methyl sites for hydroxylation is 1. The Morgan fingerprint density at radius 2 is 1.97 bits per heavy atom. The normalized spacial score (nSPS) is 15.7. The van der Waals surface area contributed by atoms with Crippen molar-refractivity contribution in [3.63, 3.8) is 0 Å². The number of amides is 2. The fourth-order valence-corrected chi connectivity index (χ4v) is 6.59. The summed E-state index contributed by atoms with van der Waals surface area (Å²) in [6.07, 6.45) is 3.42. The average molecular weight is 546 g/mol. The number of carbonyl (C=O) groups excluding carboxylic acids is 2. The van der Waals surface area contributed by atoms with Crippen LogP contribution in [0.3, 0.4) is 0 Å². The zero-order valence-electron chi connectivity index (χ0n) is 22.0. The van der Waals surface area contributed by atoms with Gasteiger partial charge in [-0.1, -0.05) is 45.0 Å². The van der Waals surface area contributed by atoms with Crippen LogP contribution in [0.2, 0.25) is 0 Å². The molecule has 1 aromatic carbocycles. The molecule has 1 N–H and O–H groups in total. The van der Waals surface area contributed by atoms with E-state index in [0.29, 0.717) is 12.4 Å². The predicted molar refractivity (Wildman–Crippen MR) is 154 cm³/mol. The quantitative estimate of drug-likeness (QED) is 0.350. The van der Waals surface area contributed by atoms with Crippen molar-refractivity contribution in [2.75, 3.05) is 17.2 Å². The van der Waals surface area contributed by atoms with Crippen LogP contribution < -0.4 is 10.2 Å². The standard InChI is InChI=1S/C29H31N5O2S2/c1-19-8-5-6-10-22(19)34-28-25(27(32-34)29(2,3)4)26(21-11-13-37-17-21)38-18-24(36)33(28)16-23(35)31-15-20-9-7-12-30-14-20/h5-14,17,26H,15-16,18H2,1-4H3,(H,31,35)/t26-/m0/s1. The molecule has 1 aliphatic rings. The second kappa shape index (κ2) is 10.7. The Morgan fingerprint density at radius 3 is 2.66 bits per heavy atom. The van der Waals surface area contributed by atoms with Crippen molar-refractivity contribution in [2.24, 2.45) is 0 Å². The minimum absolute atomic E-state index is 0.0735. The number of hydrogen-bond donors (Lipinski definition) is 1. The van der Waals surface area contributed by atoms with Gasteiger partial charge >= 0.3 is 0 Å². The smallest absolute Gasteiger partial charge is 0.240 e. The number of aromatic nitrogens is 3. The highest BCUT2D eigenvalue weighted by Gasteiger charge is 2.40. The van der Waals surface area contributed by atoms with E-state index in [2.05, 4.69) is 47.9 Å². The van der Waals surface area contributed by atoms with Gasteiger partial charge < -0.3 is 5.32 Å². The third-order valence-corrected chi connectivity index (χ3v) is 8.46. The molecule has 0 unspecified atom stereocenters. The molecule has 4 heterocycles. The van der Waals surface area contributed by atoms with Crippen LogP contribution in [0.15, 0.2) is 65.6 Å². The van der Waals surface area contributed by atoms with E-state index in [1.165, 1.54) is 0 Å². The SMILES string of the molecule is Cc1ccccc1-n1nc(C(C)(C)C)c2c1N(CC(=O)NCc1cccnc1)C(=O)CS[C@H]2c1ccsc1. The van der Waals surface area contributed by atoms with Crippen LogP contribution in [0.25, 0.3) is 5.69 Å². The first-order chi connectivity index (χ1) is 18.2. The van der Waals surface area contributed by atoms with E-state index in [1.807, 2.05) is 48.0 Å². The summed E-state index contributed by atoms with van der Waals surface area (Å²) in [7, 11) is 0. The third kappa shape index (κ3) is 5.26.